The number of rotatable bonds is 3. The van der Waals surface area contributed by atoms with Crippen molar-refractivity contribution in [3.05, 3.63) is 57.9 Å². The van der Waals surface area contributed by atoms with E-state index in [1.165, 1.54) is 18.2 Å². The van der Waals surface area contributed by atoms with E-state index in [1.807, 2.05) is 0 Å². The van der Waals surface area contributed by atoms with E-state index in [0.717, 1.165) is 0 Å². The second-order valence-corrected chi connectivity index (χ2v) is 5.02. The van der Waals surface area contributed by atoms with E-state index in [0.29, 0.717) is 5.56 Å². The van der Waals surface area contributed by atoms with Crippen LogP contribution in [0, 0.1) is 17.5 Å². The van der Waals surface area contributed by atoms with Crippen LogP contribution in [0.5, 0.6) is 11.5 Å². The van der Waals surface area contributed by atoms with Gasteiger partial charge in [0.05, 0.1) is 5.56 Å². The van der Waals surface area contributed by atoms with Crippen molar-refractivity contribution >= 4 is 23.2 Å². The average Bonchev–Trinajstić information content (AvgIpc) is 2.47. The van der Waals surface area contributed by atoms with Crippen LogP contribution in [0.2, 0.25) is 5.02 Å². The summed E-state index contributed by atoms with van der Waals surface area (Å²) < 4.78 is 83.1. The fourth-order valence-electron chi connectivity index (χ4n) is 1.71. The quantitative estimate of drug-likeness (QED) is 0.347. The first-order chi connectivity index (χ1) is 10.6. The molecular weight excluding hydrogens is 369 g/mol. The lowest BCUT2D eigenvalue weighted by Gasteiger charge is -2.13. The highest BCUT2D eigenvalue weighted by Gasteiger charge is 2.38. The van der Waals surface area contributed by atoms with Gasteiger partial charge >= 0.3 is 6.18 Å². The van der Waals surface area contributed by atoms with Crippen molar-refractivity contribution < 1.29 is 31.1 Å². The number of hydrogen-bond donors (Lipinski definition) is 0. The van der Waals surface area contributed by atoms with Gasteiger partial charge in [-0.2, -0.15) is 17.6 Å². The van der Waals surface area contributed by atoms with Crippen molar-refractivity contribution in [1.82, 2.24) is 0 Å². The van der Waals surface area contributed by atoms with E-state index in [9.17, 15) is 26.3 Å². The van der Waals surface area contributed by atoms with Gasteiger partial charge in [0.1, 0.15) is 5.75 Å². The van der Waals surface area contributed by atoms with Crippen LogP contribution in [-0.4, -0.2) is 0 Å². The number of halogens is 8. The Bertz CT molecular complexity index is 745. The third-order valence-electron chi connectivity index (χ3n) is 2.80. The van der Waals surface area contributed by atoms with Gasteiger partial charge in [-0.15, -0.1) is 11.6 Å². The van der Waals surface area contributed by atoms with Crippen molar-refractivity contribution in [2.24, 2.45) is 0 Å². The molecule has 0 fully saturated rings. The number of hydrogen-bond acceptors (Lipinski definition) is 1. The van der Waals surface area contributed by atoms with Crippen LogP contribution in [0.4, 0.5) is 26.3 Å². The molecule has 0 spiro atoms. The molecule has 2 aromatic carbocycles. The second-order valence-electron chi connectivity index (χ2n) is 4.35. The Kier molecular flexibility index (Phi) is 5.01. The van der Waals surface area contributed by atoms with Crippen LogP contribution < -0.4 is 4.74 Å². The smallest absolute Gasteiger partial charge is 0.419 e. The monoisotopic (exact) mass is 374 g/mol. The molecule has 0 atom stereocenters. The SMILES string of the molecule is Fc1cc(C(F)(F)F)c(F)c(F)c1Oc1ccc(Cl)c(CCl)c1. The Balaban J connectivity index is 2.47. The zero-order valence-electron chi connectivity index (χ0n) is 10.9. The van der Waals surface area contributed by atoms with Gasteiger partial charge in [-0.25, -0.2) is 8.78 Å². The lowest BCUT2D eigenvalue weighted by molar-refractivity contribution is -0.140. The minimum atomic E-state index is -5.24. The third kappa shape index (κ3) is 3.67. The van der Waals surface area contributed by atoms with Gasteiger partial charge < -0.3 is 4.74 Å². The molecule has 0 aromatic heterocycles. The van der Waals surface area contributed by atoms with Crippen molar-refractivity contribution in [2.45, 2.75) is 12.1 Å². The highest BCUT2D eigenvalue weighted by molar-refractivity contribution is 6.32. The van der Waals surface area contributed by atoms with Crippen LogP contribution in [0.15, 0.2) is 24.3 Å². The summed E-state index contributed by atoms with van der Waals surface area (Å²) in [6.45, 7) is 0. The Labute approximate surface area is 136 Å². The van der Waals surface area contributed by atoms with Crippen LogP contribution in [0.1, 0.15) is 11.1 Å². The van der Waals surface area contributed by atoms with Crippen molar-refractivity contribution in [3.63, 3.8) is 0 Å². The van der Waals surface area contributed by atoms with Gasteiger partial charge in [0.2, 0.25) is 11.6 Å². The maximum atomic E-state index is 13.7. The zero-order chi connectivity index (χ0) is 17.4. The largest absolute Gasteiger partial charge is 0.451 e. The molecule has 2 aromatic rings. The first-order valence-corrected chi connectivity index (χ1v) is 6.83. The third-order valence-corrected chi connectivity index (χ3v) is 3.46. The zero-order valence-corrected chi connectivity index (χ0v) is 12.5. The predicted molar refractivity (Wildman–Crippen MR) is 72.4 cm³/mol. The summed E-state index contributed by atoms with van der Waals surface area (Å²) in [5, 5.41) is 0.256. The van der Waals surface area contributed by atoms with E-state index >= 15 is 0 Å². The molecule has 2 rings (SSSR count). The molecule has 9 heteroatoms. The summed E-state index contributed by atoms with van der Waals surface area (Å²) in [7, 11) is 0. The number of alkyl halides is 4. The van der Waals surface area contributed by atoms with Crippen molar-refractivity contribution in [2.75, 3.05) is 0 Å². The fourth-order valence-corrected chi connectivity index (χ4v) is 2.19. The van der Waals surface area contributed by atoms with Crippen LogP contribution in [-0.2, 0) is 12.1 Å². The van der Waals surface area contributed by atoms with E-state index in [2.05, 4.69) is 0 Å². The molecule has 1 nitrogen and oxygen atoms in total. The molecule has 0 aliphatic heterocycles. The summed E-state index contributed by atoms with van der Waals surface area (Å²) in [5.41, 5.74) is -1.70. The van der Waals surface area contributed by atoms with Crippen LogP contribution in [0.25, 0.3) is 0 Å². The lowest BCUT2D eigenvalue weighted by atomic mass is 10.1. The number of benzene rings is 2. The predicted octanol–water partition coefficient (Wildman–Crippen LogP) is 6.31. The van der Waals surface area contributed by atoms with Gasteiger partial charge in [-0.3, -0.25) is 0 Å². The summed E-state index contributed by atoms with van der Waals surface area (Å²) in [5.74, 6) is -7.53. The number of ether oxygens (including phenoxy) is 1. The average molecular weight is 375 g/mol. The van der Waals surface area contributed by atoms with Gasteiger partial charge in [0.25, 0.3) is 0 Å². The van der Waals surface area contributed by atoms with E-state index in [1.54, 1.807) is 0 Å². The van der Waals surface area contributed by atoms with Gasteiger partial charge in [0.15, 0.2) is 11.6 Å². The molecule has 0 unspecified atom stereocenters. The second kappa shape index (κ2) is 6.49. The molecule has 0 saturated heterocycles. The van der Waals surface area contributed by atoms with Crippen LogP contribution in [0.3, 0.4) is 0 Å². The molecule has 0 radical (unpaired) electrons. The van der Waals surface area contributed by atoms with E-state index in [4.69, 9.17) is 27.9 Å². The topological polar surface area (TPSA) is 9.23 Å². The Hall–Kier alpha value is -1.60. The molecule has 23 heavy (non-hydrogen) atoms. The van der Waals surface area contributed by atoms with Gasteiger partial charge in [-0.05, 0) is 29.8 Å². The summed E-state index contributed by atoms with van der Waals surface area (Å²) >= 11 is 11.4. The van der Waals surface area contributed by atoms with E-state index < -0.39 is 34.9 Å². The first kappa shape index (κ1) is 17.7. The normalized spacial score (nSPS) is 11.7. The highest BCUT2D eigenvalue weighted by Crippen LogP contribution is 2.38. The minimum Gasteiger partial charge on any atom is -0.451 e. The molecule has 0 amide bonds. The highest BCUT2D eigenvalue weighted by atomic mass is 35.5. The minimum absolute atomic E-state index is 0.0393. The standard InChI is InChI=1S/C14H6Cl2F6O/c15-5-6-3-7(1-2-9(6)16)23-13-10(17)4-8(14(20,21)22)11(18)12(13)19/h1-4H,5H2. The summed E-state index contributed by atoms with van der Waals surface area (Å²) in [4.78, 5) is 0. The molecule has 0 bridgehead atoms. The molecule has 0 heterocycles. The fraction of sp³-hybridized carbons (Fsp3) is 0.143. The Morgan fingerprint density at radius 2 is 1.65 bits per heavy atom. The molecule has 0 aliphatic carbocycles. The maximum Gasteiger partial charge on any atom is 0.419 e. The maximum absolute atomic E-state index is 13.7. The molecule has 124 valence electrons. The van der Waals surface area contributed by atoms with E-state index in [-0.39, 0.29) is 22.7 Å². The molecular formula is C14H6Cl2F6O. The molecule has 0 aliphatic rings. The first-order valence-electron chi connectivity index (χ1n) is 5.92. The van der Waals surface area contributed by atoms with Gasteiger partial charge in [-0.1, -0.05) is 11.6 Å². The van der Waals surface area contributed by atoms with Gasteiger partial charge in [0, 0.05) is 10.9 Å². The molecule has 0 saturated carbocycles. The summed E-state index contributed by atoms with van der Waals surface area (Å²) in [6, 6.07) is 3.56. The Morgan fingerprint density at radius 3 is 2.22 bits per heavy atom. The van der Waals surface area contributed by atoms with Crippen molar-refractivity contribution in [1.29, 1.82) is 0 Å². The molecule has 0 N–H and O–H groups in total. The Morgan fingerprint density at radius 1 is 1.00 bits per heavy atom. The lowest BCUT2D eigenvalue weighted by Crippen LogP contribution is -2.11. The van der Waals surface area contributed by atoms with Crippen molar-refractivity contribution in [3.8, 4) is 11.5 Å². The van der Waals surface area contributed by atoms with Crippen LogP contribution >= 0.6 is 23.2 Å². The summed E-state index contributed by atoms with van der Waals surface area (Å²) in [6.07, 6.45) is -5.24.